The first-order valence-electron chi connectivity index (χ1n) is 7.13. The number of rotatable bonds is 4. The molecule has 0 aliphatic carbocycles. The van der Waals surface area contributed by atoms with Crippen LogP contribution in [0.25, 0.3) is 0 Å². The Balaban J connectivity index is 0.00000242. The summed E-state index contributed by atoms with van der Waals surface area (Å²) in [6.45, 7) is 2.81. The molecular weight excluding hydrogens is 370 g/mol. The van der Waals surface area contributed by atoms with E-state index >= 15 is 0 Å². The van der Waals surface area contributed by atoms with Crippen LogP contribution in [-0.4, -0.2) is 30.9 Å². The zero-order valence-corrected chi connectivity index (χ0v) is 14.9. The summed E-state index contributed by atoms with van der Waals surface area (Å²) in [4.78, 5) is 23.7. The number of aryl methyl sites for hydroxylation is 1. The SMILES string of the molecule is Cc1cc(NC(=O)CNC(=O)C2CCCCN2)ccc1Br.Cl. The topological polar surface area (TPSA) is 70.2 Å². The van der Waals surface area contributed by atoms with E-state index in [-0.39, 0.29) is 36.8 Å². The Labute approximate surface area is 145 Å². The largest absolute Gasteiger partial charge is 0.346 e. The first-order valence-corrected chi connectivity index (χ1v) is 7.92. The van der Waals surface area contributed by atoms with Crippen molar-refractivity contribution in [1.29, 1.82) is 0 Å². The minimum absolute atomic E-state index is 0. The van der Waals surface area contributed by atoms with E-state index in [0.717, 1.165) is 41.5 Å². The van der Waals surface area contributed by atoms with Gasteiger partial charge in [-0.25, -0.2) is 0 Å². The van der Waals surface area contributed by atoms with Crippen molar-refractivity contribution in [2.24, 2.45) is 0 Å². The Morgan fingerprint density at radius 1 is 1.36 bits per heavy atom. The molecule has 1 aromatic rings. The van der Waals surface area contributed by atoms with Gasteiger partial charge in [0.2, 0.25) is 11.8 Å². The van der Waals surface area contributed by atoms with Crippen LogP contribution >= 0.6 is 28.3 Å². The maximum atomic E-state index is 11.9. The standard InChI is InChI=1S/C15H20BrN3O2.ClH/c1-10-8-11(5-6-12(10)16)19-14(20)9-18-15(21)13-4-2-3-7-17-13;/h5-6,8,13,17H,2-4,7,9H2,1H3,(H,18,21)(H,19,20);1H. The summed E-state index contributed by atoms with van der Waals surface area (Å²) in [7, 11) is 0. The van der Waals surface area contributed by atoms with Gasteiger partial charge in [-0.15, -0.1) is 12.4 Å². The second-order valence-corrected chi connectivity index (χ2v) is 6.09. The van der Waals surface area contributed by atoms with Gasteiger partial charge in [-0.2, -0.15) is 0 Å². The first kappa shape index (κ1) is 18.9. The lowest BCUT2D eigenvalue weighted by Gasteiger charge is -2.22. The van der Waals surface area contributed by atoms with Crippen LogP contribution in [0.5, 0.6) is 0 Å². The number of hydrogen-bond acceptors (Lipinski definition) is 3. The minimum atomic E-state index is -0.221. The molecule has 1 aliphatic heterocycles. The summed E-state index contributed by atoms with van der Waals surface area (Å²) >= 11 is 3.41. The second-order valence-electron chi connectivity index (χ2n) is 5.23. The molecule has 5 nitrogen and oxygen atoms in total. The zero-order valence-electron chi connectivity index (χ0n) is 12.4. The van der Waals surface area contributed by atoms with Crippen LogP contribution in [0.1, 0.15) is 24.8 Å². The highest BCUT2D eigenvalue weighted by Crippen LogP contribution is 2.19. The average molecular weight is 391 g/mol. The van der Waals surface area contributed by atoms with Crippen molar-refractivity contribution in [1.82, 2.24) is 10.6 Å². The number of amides is 2. The summed E-state index contributed by atoms with van der Waals surface area (Å²) in [5.74, 6) is -0.322. The third kappa shape index (κ3) is 5.59. The molecule has 0 aromatic heterocycles. The highest BCUT2D eigenvalue weighted by molar-refractivity contribution is 9.10. The van der Waals surface area contributed by atoms with E-state index in [0.29, 0.717) is 0 Å². The van der Waals surface area contributed by atoms with Gasteiger partial charge in [-0.3, -0.25) is 9.59 Å². The van der Waals surface area contributed by atoms with Crippen LogP contribution in [-0.2, 0) is 9.59 Å². The van der Waals surface area contributed by atoms with Gasteiger partial charge in [0.15, 0.2) is 0 Å². The van der Waals surface area contributed by atoms with Crippen LogP contribution in [0.2, 0.25) is 0 Å². The number of benzene rings is 1. The highest BCUT2D eigenvalue weighted by Gasteiger charge is 2.20. The molecule has 1 heterocycles. The van der Waals surface area contributed by atoms with Gasteiger partial charge in [-0.05, 0) is 50.1 Å². The Bertz CT molecular complexity index is 534. The third-order valence-corrected chi connectivity index (χ3v) is 4.38. The van der Waals surface area contributed by atoms with Gasteiger partial charge in [0, 0.05) is 10.2 Å². The second kappa shape index (κ2) is 9.12. The van der Waals surface area contributed by atoms with Crippen LogP contribution in [0.15, 0.2) is 22.7 Å². The van der Waals surface area contributed by atoms with Crippen molar-refractivity contribution in [3.63, 3.8) is 0 Å². The van der Waals surface area contributed by atoms with Gasteiger partial charge >= 0.3 is 0 Å². The molecule has 7 heteroatoms. The number of piperidine rings is 1. The Hall–Kier alpha value is -1.11. The number of anilines is 1. The maximum Gasteiger partial charge on any atom is 0.243 e. The molecule has 1 aliphatic rings. The molecule has 1 unspecified atom stereocenters. The van der Waals surface area contributed by atoms with Crippen molar-refractivity contribution in [3.05, 3.63) is 28.2 Å². The molecule has 0 spiro atoms. The van der Waals surface area contributed by atoms with Crippen LogP contribution < -0.4 is 16.0 Å². The van der Waals surface area contributed by atoms with Crippen LogP contribution in [0.3, 0.4) is 0 Å². The molecule has 122 valence electrons. The summed E-state index contributed by atoms with van der Waals surface area (Å²) in [6, 6.07) is 5.42. The summed E-state index contributed by atoms with van der Waals surface area (Å²) in [6.07, 6.45) is 2.99. The fraction of sp³-hybridized carbons (Fsp3) is 0.467. The monoisotopic (exact) mass is 389 g/mol. The Morgan fingerprint density at radius 2 is 2.14 bits per heavy atom. The van der Waals surface area contributed by atoms with E-state index in [1.165, 1.54) is 0 Å². The van der Waals surface area contributed by atoms with E-state index in [1.54, 1.807) is 0 Å². The first-order chi connectivity index (χ1) is 10.1. The number of carbonyl (C=O) groups is 2. The lowest BCUT2D eigenvalue weighted by Crippen LogP contribution is -2.48. The molecule has 1 atom stereocenters. The number of nitrogens with one attached hydrogen (secondary N) is 3. The van der Waals surface area contributed by atoms with E-state index in [2.05, 4.69) is 31.9 Å². The smallest absolute Gasteiger partial charge is 0.243 e. The molecule has 1 aromatic carbocycles. The van der Waals surface area contributed by atoms with Crippen molar-refractivity contribution < 1.29 is 9.59 Å². The van der Waals surface area contributed by atoms with E-state index in [4.69, 9.17) is 0 Å². The molecule has 0 radical (unpaired) electrons. The van der Waals surface area contributed by atoms with Crippen LogP contribution in [0.4, 0.5) is 5.69 Å². The fourth-order valence-electron chi connectivity index (χ4n) is 2.29. The number of carbonyl (C=O) groups excluding carboxylic acids is 2. The van der Waals surface area contributed by atoms with Crippen molar-refractivity contribution >= 4 is 45.8 Å². The predicted octanol–water partition coefficient (Wildman–Crippen LogP) is 2.38. The minimum Gasteiger partial charge on any atom is -0.346 e. The number of halogens is 2. The lowest BCUT2D eigenvalue weighted by atomic mass is 10.0. The molecule has 2 rings (SSSR count). The fourth-order valence-corrected chi connectivity index (χ4v) is 2.54. The van der Waals surface area contributed by atoms with Gasteiger partial charge in [0.05, 0.1) is 12.6 Å². The molecule has 0 saturated carbocycles. The van der Waals surface area contributed by atoms with Crippen molar-refractivity contribution in [3.8, 4) is 0 Å². The Kier molecular flexibility index (Phi) is 7.85. The van der Waals surface area contributed by atoms with E-state index < -0.39 is 0 Å². The van der Waals surface area contributed by atoms with Gasteiger partial charge < -0.3 is 16.0 Å². The van der Waals surface area contributed by atoms with E-state index in [1.807, 2.05) is 25.1 Å². The molecule has 1 fully saturated rings. The van der Waals surface area contributed by atoms with Gasteiger partial charge in [0.25, 0.3) is 0 Å². The highest BCUT2D eigenvalue weighted by atomic mass is 79.9. The maximum absolute atomic E-state index is 11.9. The van der Waals surface area contributed by atoms with Crippen LogP contribution in [0, 0.1) is 6.92 Å². The molecule has 3 N–H and O–H groups in total. The van der Waals surface area contributed by atoms with Gasteiger partial charge in [0.1, 0.15) is 0 Å². The molecule has 0 bridgehead atoms. The zero-order chi connectivity index (χ0) is 15.2. The van der Waals surface area contributed by atoms with Gasteiger partial charge in [-0.1, -0.05) is 22.4 Å². The van der Waals surface area contributed by atoms with E-state index in [9.17, 15) is 9.59 Å². The Morgan fingerprint density at radius 3 is 2.77 bits per heavy atom. The van der Waals surface area contributed by atoms with Crippen molar-refractivity contribution in [2.75, 3.05) is 18.4 Å². The summed E-state index contributed by atoms with van der Waals surface area (Å²) in [5, 5.41) is 8.61. The summed E-state index contributed by atoms with van der Waals surface area (Å²) < 4.78 is 0.997. The van der Waals surface area contributed by atoms with Crippen molar-refractivity contribution in [2.45, 2.75) is 32.2 Å². The molecule has 22 heavy (non-hydrogen) atoms. The number of hydrogen-bond donors (Lipinski definition) is 3. The quantitative estimate of drug-likeness (QED) is 0.739. The average Bonchev–Trinajstić information content (AvgIpc) is 2.49. The molecule has 2 amide bonds. The molecular formula is C15H21BrClN3O2. The predicted molar refractivity (Wildman–Crippen MR) is 93.4 cm³/mol. The molecule has 1 saturated heterocycles. The third-order valence-electron chi connectivity index (χ3n) is 3.49. The lowest BCUT2D eigenvalue weighted by molar-refractivity contribution is -0.126. The normalized spacial score (nSPS) is 17.3. The summed E-state index contributed by atoms with van der Waals surface area (Å²) in [5.41, 5.74) is 1.77.